The first-order valence-electron chi connectivity index (χ1n) is 18.2. The quantitative estimate of drug-likeness (QED) is 0.181. The fraction of sp³-hybridized carbons (Fsp3) is 0. The first kappa shape index (κ1) is 30.3. The standard InChI is InChI=1S/C49H31N5/c1-3-14-33(15-4-1)47-50-48(34-16-5-2-6-17-34)52-49(51-47)35-23-26-36(27-24-35)53-42-21-11-9-19-39(42)41-31-37(28-30-44(41)53)54-43-22-12-10-20-40(43)46-38-18-8-7-13-32(38)25-29-45(46)54/h1-31H. The lowest BCUT2D eigenvalue weighted by Gasteiger charge is -2.12. The molecular formula is C49H31N5. The fourth-order valence-electron chi connectivity index (χ4n) is 8.09. The summed E-state index contributed by atoms with van der Waals surface area (Å²) in [6, 6.07) is 66.3. The molecule has 0 unspecified atom stereocenters. The van der Waals surface area contributed by atoms with Crippen LogP contribution in [0.5, 0.6) is 0 Å². The van der Waals surface area contributed by atoms with Crippen LogP contribution >= 0.6 is 0 Å². The lowest BCUT2D eigenvalue weighted by atomic mass is 10.0. The number of para-hydroxylation sites is 2. The Bertz CT molecular complexity index is 3140. The maximum Gasteiger partial charge on any atom is 0.164 e. The molecule has 0 saturated heterocycles. The highest BCUT2D eigenvalue weighted by molar-refractivity contribution is 6.21. The third kappa shape index (κ3) is 4.76. The van der Waals surface area contributed by atoms with E-state index in [0.717, 1.165) is 39.1 Å². The lowest BCUT2D eigenvalue weighted by Crippen LogP contribution is -2.00. The van der Waals surface area contributed by atoms with E-state index in [4.69, 9.17) is 15.0 Å². The van der Waals surface area contributed by atoms with Gasteiger partial charge >= 0.3 is 0 Å². The van der Waals surface area contributed by atoms with Crippen LogP contribution in [-0.2, 0) is 0 Å². The van der Waals surface area contributed by atoms with E-state index < -0.39 is 0 Å². The van der Waals surface area contributed by atoms with Gasteiger partial charge in [0.05, 0.1) is 22.1 Å². The van der Waals surface area contributed by atoms with Crippen molar-refractivity contribution in [3.8, 4) is 45.5 Å². The van der Waals surface area contributed by atoms with Gasteiger partial charge in [-0.3, -0.25) is 0 Å². The fourth-order valence-corrected chi connectivity index (χ4v) is 8.09. The van der Waals surface area contributed by atoms with Crippen LogP contribution in [0.1, 0.15) is 0 Å². The molecule has 0 radical (unpaired) electrons. The summed E-state index contributed by atoms with van der Waals surface area (Å²) in [4.78, 5) is 14.8. The van der Waals surface area contributed by atoms with Gasteiger partial charge in [-0.25, -0.2) is 15.0 Å². The molecule has 0 bridgehead atoms. The summed E-state index contributed by atoms with van der Waals surface area (Å²) >= 11 is 0. The highest BCUT2D eigenvalue weighted by Gasteiger charge is 2.18. The highest BCUT2D eigenvalue weighted by atomic mass is 15.0. The average molecular weight is 690 g/mol. The molecule has 54 heavy (non-hydrogen) atoms. The van der Waals surface area contributed by atoms with Gasteiger partial charge in [0.15, 0.2) is 17.5 Å². The smallest absolute Gasteiger partial charge is 0.164 e. The van der Waals surface area contributed by atoms with E-state index in [1.807, 2.05) is 60.7 Å². The summed E-state index contributed by atoms with van der Waals surface area (Å²) < 4.78 is 4.77. The summed E-state index contributed by atoms with van der Waals surface area (Å²) in [5, 5.41) is 7.49. The SMILES string of the molecule is c1ccc(-c2nc(-c3ccccc3)nc(-c3ccc(-n4c5ccccc5c5cc(-n6c7ccccc7c7c8ccccc8ccc76)ccc54)cc3)n2)cc1. The maximum atomic E-state index is 4.95. The number of hydrogen-bond acceptors (Lipinski definition) is 3. The molecule has 11 rings (SSSR count). The van der Waals surface area contributed by atoms with Crippen LogP contribution in [0.3, 0.4) is 0 Å². The Kier molecular flexibility index (Phi) is 6.79. The molecule has 3 aromatic heterocycles. The average Bonchev–Trinajstić information content (AvgIpc) is 3.77. The Morgan fingerprint density at radius 2 is 0.759 bits per heavy atom. The number of aromatic nitrogens is 5. The summed E-state index contributed by atoms with van der Waals surface area (Å²) in [6.45, 7) is 0. The molecule has 0 amide bonds. The van der Waals surface area contributed by atoms with Gasteiger partial charge in [-0.15, -0.1) is 0 Å². The molecule has 0 N–H and O–H groups in total. The molecule has 0 fully saturated rings. The van der Waals surface area contributed by atoms with Crippen molar-refractivity contribution in [2.75, 3.05) is 0 Å². The van der Waals surface area contributed by atoms with Crippen LogP contribution in [0.4, 0.5) is 0 Å². The van der Waals surface area contributed by atoms with E-state index in [0.29, 0.717) is 17.5 Å². The van der Waals surface area contributed by atoms with Crippen LogP contribution in [-0.4, -0.2) is 24.1 Å². The Morgan fingerprint density at radius 1 is 0.296 bits per heavy atom. The maximum absolute atomic E-state index is 4.95. The molecule has 0 aliphatic heterocycles. The minimum Gasteiger partial charge on any atom is -0.309 e. The number of hydrogen-bond donors (Lipinski definition) is 0. The van der Waals surface area contributed by atoms with Gasteiger partial charge in [0.2, 0.25) is 0 Å². The van der Waals surface area contributed by atoms with E-state index in [-0.39, 0.29) is 0 Å². The topological polar surface area (TPSA) is 48.5 Å². The van der Waals surface area contributed by atoms with E-state index in [2.05, 4.69) is 137 Å². The van der Waals surface area contributed by atoms with E-state index >= 15 is 0 Å². The molecule has 252 valence electrons. The number of benzene rings is 8. The summed E-state index contributed by atoms with van der Waals surface area (Å²) in [7, 11) is 0. The number of rotatable bonds is 5. The van der Waals surface area contributed by atoms with Gasteiger partial charge in [0, 0.05) is 49.6 Å². The second-order valence-electron chi connectivity index (χ2n) is 13.7. The molecule has 0 aliphatic rings. The first-order chi connectivity index (χ1) is 26.8. The summed E-state index contributed by atoms with van der Waals surface area (Å²) in [5.41, 5.74) is 9.76. The third-order valence-electron chi connectivity index (χ3n) is 10.6. The monoisotopic (exact) mass is 689 g/mol. The van der Waals surface area contributed by atoms with E-state index in [9.17, 15) is 0 Å². The molecule has 0 saturated carbocycles. The molecule has 5 nitrogen and oxygen atoms in total. The van der Waals surface area contributed by atoms with Crippen LogP contribution in [0, 0.1) is 0 Å². The van der Waals surface area contributed by atoms with Gasteiger partial charge in [0.25, 0.3) is 0 Å². The number of nitrogens with zero attached hydrogens (tertiary/aromatic N) is 5. The largest absolute Gasteiger partial charge is 0.309 e. The molecule has 0 atom stereocenters. The van der Waals surface area contributed by atoms with Crippen molar-refractivity contribution in [3.05, 3.63) is 188 Å². The predicted octanol–water partition coefficient (Wildman–Crippen LogP) is 12.2. The van der Waals surface area contributed by atoms with Crippen molar-refractivity contribution in [1.29, 1.82) is 0 Å². The second kappa shape index (κ2) is 12.1. The second-order valence-corrected chi connectivity index (χ2v) is 13.7. The van der Waals surface area contributed by atoms with E-state index in [1.165, 1.54) is 43.4 Å². The molecule has 8 aromatic carbocycles. The van der Waals surface area contributed by atoms with Crippen LogP contribution in [0.15, 0.2) is 188 Å². The van der Waals surface area contributed by atoms with Gasteiger partial charge in [-0.2, -0.15) is 0 Å². The van der Waals surface area contributed by atoms with Crippen molar-refractivity contribution in [3.63, 3.8) is 0 Å². The van der Waals surface area contributed by atoms with Gasteiger partial charge in [-0.05, 0) is 71.4 Å². The Hall–Kier alpha value is -7.37. The summed E-state index contributed by atoms with van der Waals surface area (Å²) in [6.07, 6.45) is 0. The minimum absolute atomic E-state index is 0.639. The normalized spacial score (nSPS) is 11.7. The zero-order valence-electron chi connectivity index (χ0n) is 29.1. The molecule has 5 heteroatoms. The highest BCUT2D eigenvalue weighted by Crippen LogP contribution is 2.39. The summed E-state index contributed by atoms with van der Waals surface area (Å²) in [5.74, 6) is 1.94. The minimum atomic E-state index is 0.639. The van der Waals surface area contributed by atoms with Gasteiger partial charge in [0.1, 0.15) is 0 Å². The molecule has 0 spiro atoms. The molecule has 3 heterocycles. The van der Waals surface area contributed by atoms with Gasteiger partial charge < -0.3 is 9.13 Å². The lowest BCUT2D eigenvalue weighted by molar-refractivity contribution is 1.07. The molecule has 11 aromatic rings. The number of fused-ring (bicyclic) bond motifs is 8. The van der Waals surface area contributed by atoms with E-state index in [1.54, 1.807) is 0 Å². The third-order valence-corrected chi connectivity index (χ3v) is 10.6. The Morgan fingerprint density at radius 3 is 1.43 bits per heavy atom. The van der Waals surface area contributed by atoms with Crippen LogP contribution < -0.4 is 0 Å². The van der Waals surface area contributed by atoms with Gasteiger partial charge in [-0.1, -0.05) is 127 Å². The Balaban J connectivity index is 1.06. The Labute approximate surface area is 311 Å². The van der Waals surface area contributed by atoms with Crippen molar-refractivity contribution in [2.24, 2.45) is 0 Å². The molecular weight excluding hydrogens is 659 g/mol. The van der Waals surface area contributed by atoms with Crippen molar-refractivity contribution in [1.82, 2.24) is 24.1 Å². The van der Waals surface area contributed by atoms with Crippen molar-refractivity contribution >= 4 is 54.4 Å². The predicted molar refractivity (Wildman–Crippen MR) is 222 cm³/mol. The zero-order chi connectivity index (χ0) is 35.6. The zero-order valence-corrected chi connectivity index (χ0v) is 29.1. The molecule has 0 aliphatic carbocycles. The first-order valence-corrected chi connectivity index (χ1v) is 18.2. The van der Waals surface area contributed by atoms with Crippen LogP contribution in [0.2, 0.25) is 0 Å². The van der Waals surface area contributed by atoms with Crippen molar-refractivity contribution in [2.45, 2.75) is 0 Å². The van der Waals surface area contributed by atoms with Crippen molar-refractivity contribution < 1.29 is 0 Å². The van der Waals surface area contributed by atoms with Crippen LogP contribution in [0.25, 0.3) is 99.9 Å².